The van der Waals surface area contributed by atoms with Gasteiger partial charge in [0.05, 0.1) is 0 Å². The minimum absolute atomic E-state index is 0.874. The Labute approximate surface area is 111 Å². The fourth-order valence-electron chi connectivity index (χ4n) is 1.93. The Bertz CT molecular complexity index is 309. The van der Waals surface area contributed by atoms with Crippen LogP contribution in [0.25, 0.3) is 0 Å². The molecule has 0 amide bonds. The van der Waals surface area contributed by atoms with Gasteiger partial charge in [-0.25, -0.2) is 0 Å². The average molecular weight is 269 g/mol. The van der Waals surface area contributed by atoms with E-state index in [2.05, 4.69) is 11.1 Å². The van der Waals surface area contributed by atoms with E-state index in [9.17, 15) is 0 Å². The van der Waals surface area contributed by atoms with E-state index in [1.807, 2.05) is 18.3 Å². The highest BCUT2D eigenvalue weighted by Crippen LogP contribution is 2.17. The summed E-state index contributed by atoms with van der Waals surface area (Å²) in [5.74, 6) is 0. The van der Waals surface area contributed by atoms with Crippen LogP contribution in [0.4, 0.5) is 0 Å². The molecule has 1 aromatic heterocycles. The largest absolute Gasteiger partial charge is 0.500 e. The van der Waals surface area contributed by atoms with Crippen molar-refractivity contribution in [3.8, 4) is 0 Å². The third-order valence-electron chi connectivity index (χ3n) is 3.08. The molecule has 0 bridgehead atoms. The van der Waals surface area contributed by atoms with E-state index in [4.69, 9.17) is 13.3 Å². The van der Waals surface area contributed by atoms with E-state index in [0.29, 0.717) is 0 Å². The van der Waals surface area contributed by atoms with Gasteiger partial charge in [-0.15, -0.1) is 0 Å². The molecule has 0 unspecified atom stereocenters. The summed E-state index contributed by atoms with van der Waals surface area (Å²) < 4.78 is 16.1. The molecule has 0 aliphatic carbocycles. The van der Waals surface area contributed by atoms with Crippen molar-refractivity contribution in [1.82, 2.24) is 4.98 Å². The SMILES string of the molecule is CO[Si](CCCCCc1ccccn1)(OC)OC. The van der Waals surface area contributed by atoms with E-state index in [1.54, 1.807) is 21.3 Å². The molecule has 102 valence electrons. The van der Waals surface area contributed by atoms with Crippen molar-refractivity contribution >= 4 is 8.80 Å². The molecule has 0 spiro atoms. The van der Waals surface area contributed by atoms with Crippen molar-refractivity contribution in [1.29, 1.82) is 0 Å². The maximum absolute atomic E-state index is 5.38. The molecule has 0 aliphatic rings. The minimum Gasteiger partial charge on any atom is -0.377 e. The molecule has 4 nitrogen and oxygen atoms in total. The summed E-state index contributed by atoms with van der Waals surface area (Å²) in [6.07, 6.45) is 6.21. The lowest BCUT2D eigenvalue weighted by molar-refractivity contribution is 0.122. The maximum Gasteiger partial charge on any atom is 0.500 e. The summed E-state index contributed by atoms with van der Waals surface area (Å²) in [5, 5.41) is 0. The highest BCUT2D eigenvalue weighted by Gasteiger charge is 2.36. The average Bonchev–Trinajstić information content (AvgIpc) is 2.45. The van der Waals surface area contributed by atoms with Gasteiger partial charge in [-0.3, -0.25) is 4.98 Å². The molecule has 1 aromatic rings. The molecule has 0 aliphatic heterocycles. The summed E-state index contributed by atoms with van der Waals surface area (Å²) in [5.41, 5.74) is 1.16. The Morgan fingerprint density at radius 1 is 1.00 bits per heavy atom. The fraction of sp³-hybridized carbons (Fsp3) is 0.615. The number of aromatic nitrogens is 1. The second-order valence-electron chi connectivity index (χ2n) is 4.18. The number of aryl methyl sites for hydroxylation is 1. The van der Waals surface area contributed by atoms with Crippen molar-refractivity contribution in [3.05, 3.63) is 30.1 Å². The van der Waals surface area contributed by atoms with Crippen LogP contribution in [0.15, 0.2) is 24.4 Å². The van der Waals surface area contributed by atoms with E-state index < -0.39 is 8.80 Å². The van der Waals surface area contributed by atoms with E-state index >= 15 is 0 Å². The first-order valence-corrected chi connectivity index (χ1v) is 8.25. The topological polar surface area (TPSA) is 40.6 Å². The summed E-state index contributed by atoms with van der Waals surface area (Å²) in [6, 6.07) is 6.91. The zero-order valence-corrected chi connectivity index (χ0v) is 12.5. The van der Waals surface area contributed by atoms with Crippen molar-refractivity contribution in [2.45, 2.75) is 31.7 Å². The van der Waals surface area contributed by atoms with Gasteiger partial charge in [-0.2, -0.15) is 0 Å². The molecule has 0 atom stereocenters. The van der Waals surface area contributed by atoms with Crippen LogP contribution < -0.4 is 0 Å². The Morgan fingerprint density at radius 3 is 2.28 bits per heavy atom. The lowest BCUT2D eigenvalue weighted by Crippen LogP contribution is -2.42. The first kappa shape index (κ1) is 15.3. The van der Waals surface area contributed by atoms with Gasteiger partial charge in [0.25, 0.3) is 0 Å². The first-order valence-electron chi connectivity index (χ1n) is 6.31. The molecule has 1 heterocycles. The predicted octanol–water partition coefficient (Wildman–Crippen LogP) is 2.67. The number of hydrogen-bond donors (Lipinski definition) is 0. The molecule has 18 heavy (non-hydrogen) atoms. The molecule has 0 N–H and O–H groups in total. The van der Waals surface area contributed by atoms with Crippen LogP contribution in [0.3, 0.4) is 0 Å². The van der Waals surface area contributed by atoms with Gasteiger partial charge in [0, 0.05) is 39.3 Å². The quantitative estimate of drug-likeness (QED) is 0.510. The molecular formula is C13H23NO3Si. The van der Waals surface area contributed by atoms with Crippen molar-refractivity contribution in [2.24, 2.45) is 0 Å². The van der Waals surface area contributed by atoms with E-state index in [0.717, 1.165) is 37.4 Å². The molecular weight excluding hydrogens is 246 g/mol. The summed E-state index contributed by atoms with van der Waals surface area (Å²) in [4.78, 5) is 4.31. The smallest absolute Gasteiger partial charge is 0.377 e. The Morgan fingerprint density at radius 2 is 1.72 bits per heavy atom. The third-order valence-corrected chi connectivity index (χ3v) is 5.91. The number of rotatable bonds is 9. The van der Waals surface area contributed by atoms with Gasteiger partial charge in [-0.05, 0) is 31.4 Å². The molecule has 0 aromatic carbocycles. The molecule has 0 fully saturated rings. The Kier molecular flexibility index (Phi) is 7.11. The first-order chi connectivity index (χ1) is 8.76. The minimum atomic E-state index is -2.36. The monoisotopic (exact) mass is 269 g/mol. The van der Waals surface area contributed by atoms with Crippen LogP contribution >= 0.6 is 0 Å². The second kappa shape index (κ2) is 8.37. The molecule has 0 radical (unpaired) electrons. The van der Waals surface area contributed by atoms with Crippen LogP contribution in [0.5, 0.6) is 0 Å². The zero-order valence-electron chi connectivity index (χ0n) is 11.5. The molecule has 0 saturated carbocycles. The number of nitrogens with zero attached hydrogens (tertiary/aromatic N) is 1. The summed E-state index contributed by atoms with van der Waals surface area (Å²) in [7, 11) is 2.62. The third kappa shape index (κ3) is 4.86. The van der Waals surface area contributed by atoms with E-state index in [-0.39, 0.29) is 0 Å². The van der Waals surface area contributed by atoms with Crippen LogP contribution in [0, 0.1) is 0 Å². The maximum atomic E-state index is 5.38. The van der Waals surface area contributed by atoms with Crippen LogP contribution in [-0.4, -0.2) is 35.1 Å². The number of pyridine rings is 1. The normalized spacial score (nSPS) is 11.7. The van der Waals surface area contributed by atoms with Gasteiger partial charge in [-0.1, -0.05) is 12.5 Å². The van der Waals surface area contributed by atoms with Crippen LogP contribution in [0.2, 0.25) is 6.04 Å². The number of unbranched alkanes of at least 4 members (excludes halogenated alkanes) is 2. The highest BCUT2D eigenvalue weighted by atomic mass is 28.4. The standard InChI is InChI=1S/C13H23NO3Si/c1-15-18(16-2,17-3)12-8-4-5-9-13-10-6-7-11-14-13/h6-7,10-11H,4-5,8-9,12H2,1-3H3. The van der Waals surface area contributed by atoms with Gasteiger partial charge >= 0.3 is 8.80 Å². The van der Waals surface area contributed by atoms with Crippen molar-refractivity contribution < 1.29 is 13.3 Å². The Balaban J connectivity index is 2.18. The van der Waals surface area contributed by atoms with Crippen LogP contribution in [-0.2, 0) is 19.7 Å². The second-order valence-corrected chi connectivity index (χ2v) is 7.27. The Hall–Kier alpha value is -0.753. The lowest BCUT2D eigenvalue weighted by atomic mass is 10.1. The van der Waals surface area contributed by atoms with Crippen molar-refractivity contribution in [3.63, 3.8) is 0 Å². The zero-order chi connectivity index (χ0) is 13.3. The van der Waals surface area contributed by atoms with Gasteiger partial charge in [0.2, 0.25) is 0 Å². The van der Waals surface area contributed by atoms with Gasteiger partial charge < -0.3 is 13.3 Å². The lowest BCUT2D eigenvalue weighted by Gasteiger charge is -2.24. The molecule has 5 heteroatoms. The molecule has 0 saturated heterocycles. The highest BCUT2D eigenvalue weighted by molar-refractivity contribution is 6.60. The molecule has 1 rings (SSSR count). The predicted molar refractivity (Wildman–Crippen MR) is 73.4 cm³/mol. The van der Waals surface area contributed by atoms with Gasteiger partial charge in [0.1, 0.15) is 0 Å². The van der Waals surface area contributed by atoms with Crippen LogP contribution in [0.1, 0.15) is 25.0 Å². The fourth-order valence-corrected chi connectivity index (χ4v) is 3.72. The van der Waals surface area contributed by atoms with E-state index in [1.165, 1.54) is 0 Å². The number of hydrogen-bond acceptors (Lipinski definition) is 4. The summed E-state index contributed by atoms with van der Waals surface area (Å²) >= 11 is 0. The summed E-state index contributed by atoms with van der Waals surface area (Å²) in [6.45, 7) is 0. The van der Waals surface area contributed by atoms with Gasteiger partial charge in [0.15, 0.2) is 0 Å². The van der Waals surface area contributed by atoms with Crippen molar-refractivity contribution in [2.75, 3.05) is 21.3 Å².